The third-order valence-corrected chi connectivity index (χ3v) is 5.40. The quantitative estimate of drug-likeness (QED) is 0.708. The van der Waals surface area contributed by atoms with Crippen LogP contribution in [0.4, 0.5) is 8.78 Å². The Bertz CT molecular complexity index is 573. The minimum atomic E-state index is -3.80. The second-order valence-electron chi connectivity index (χ2n) is 6.88. The van der Waals surface area contributed by atoms with Crippen molar-refractivity contribution in [1.82, 2.24) is 15.1 Å². The lowest BCUT2D eigenvalue weighted by Crippen LogP contribution is -2.68. The number of aliphatic hydroxyl groups is 1. The largest absolute Gasteiger partial charge is 0.383 e. The van der Waals surface area contributed by atoms with Gasteiger partial charge in [0.1, 0.15) is 5.60 Å². The predicted molar refractivity (Wildman–Crippen MR) is 78.0 cm³/mol. The van der Waals surface area contributed by atoms with Crippen LogP contribution in [0.2, 0.25) is 0 Å². The van der Waals surface area contributed by atoms with E-state index in [4.69, 9.17) is 0 Å². The highest BCUT2D eigenvalue weighted by molar-refractivity contribution is 5.90. The van der Waals surface area contributed by atoms with Gasteiger partial charge in [0.05, 0.1) is 12.0 Å². The highest BCUT2D eigenvalue weighted by atomic mass is 19.3. The molecule has 24 heavy (non-hydrogen) atoms. The van der Waals surface area contributed by atoms with Crippen molar-refractivity contribution in [2.24, 2.45) is 5.92 Å². The van der Waals surface area contributed by atoms with Crippen molar-refractivity contribution in [3.05, 3.63) is 0 Å². The zero-order valence-corrected chi connectivity index (χ0v) is 13.4. The van der Waals surface area contributed by atoms with Gasteiger partial charge in [-0.15, -0.1) is 0 Å². The molecule has 2 aliphatic heterocycles. The summed E-state index contributed by atoms with van der Waals surface area (Å²) in [6.07, 6.45) is 0.411. The molecule has 0 aromatic heterocycles. The molecule has 2 heterocycles. The SMILES string of the molecule is CNC(=O)C1CC(=O)N(C2CN(C(=O)C(F)(F)C3(O)CCC3)C2)C1. The average Bonchev–Trinajstić information content (AvgIpc) is 2.84. The zero-order chi connectivity index (χ0) is 17.7. The smallest absolute Gasteiger partial charge is 0.352 e. The maximum Gasteiger partial charge on any atom is 0.352 e. The lowest BCUT2D eigenvalue weighted by Gasteiger charge is -2.48. The topological polar surface area (TPSA) is 90.0 Å². The summed E-state index contributed by atoms with van der Waals surface area (Å²) < 4.78 is 28.3. The van der Waals surface area contributed by atoms with E-state index in [1.165, 1.54) is 11.9 Å². The van der Waals surface area contributed by atoms with Crippen LogP contribution in [0.1, 0.15) is 25.7 Å². The van der Waals surface area contributed by atoms with E-state index in [9.17, 15) is 28.3 Å². The molecule has 134 valence electrons. The molecule has 9 heteroatoms. The second kappa shape index (κ2) is 5.65. The standard InChI is InChI=1S/C15H21F2N3O4/c1-18-12(22)9-5-11(21)20(6-9)10-7-19(8-10)13(23)15(16,17)14(24)3-2-4-14/h9-10,24H,2-8H2,1H3,(H,18,22). The number of carbonyl (C=O) groups is 3. The van der Waals surface area contributed by atoms with Gasteiger partial charge in [0.2, 0.25) is 11.8 Å². The van der Waals surface area contributed by atoms with Crippen molar-refractivity contribution < 1.29 is 28.3 Å². The Kier molecular flexibility index (Phi) is 4.01. The average molecular weight is 345 g/mol. The van der Waals surface area contributed by atoms with Crippen LogP contribution in [-0.2, 0) is 14.4 Å². The first-order valence-corrected chi connectivity index (χ1v) is 8.10. The van der Waals surface area contributed by atoms with E-state index >= 15 is 0 Å². The minimum absolute atomic E-state index is 0.0106. The van der Waals surface area contributed by atoms with Crippen LogP contribution in [0.15, 0.2) is 0 Å². The molecule has 1 unspecified atom stereocenters. The molecule has 1 aliphatic carbocycles. The van der Waals surface area contributed by atoms with Gasteiger partial charge in [0.15, 0.2) is 0 Å². The molecule has 0 radical (unpaired) electrons. The lowest BCUT2D eigenvalue weighted by atomic mass is 9.74. The highest BCUT2D eigenvalue weighted by Crippen LogP contribution is 2.45. The Morgan fingerprint density at radius 2 is 1.92 bits per heavy atom. The van der Waals surface area contributed by atoms with Gasteiger partial charge in [-0.05, 0) is 19.3 Å². The molecule has 1 saturated carbocycles. The summed E-state index contributed by atoms with van der Waals surface area (Å²) in [4.78, 5) is 38.0. The summed E-state index contributed by atoms with van der Waals surface area (Å²) in [5, 5.41) is 12.3. The second-order valence-corrected chi connectivity index (χ2v) is 6.88. The van der Waals surface area contributed by atoms with Gasteiger partial charge in [-0.2, -0.15) is 8.78 Å². The number of rotatable bonds is 4. The molecule has 7 nitrogen and oxygen atoms in total. The van der Waals surface area contributed by atoms with Crippen LogP contribution in [-0.4, -0.2) is 76.9 Å². The van der Waals surface area contributed by atoms with Gasteiger partial charge in [0.25, 0.3) is 5.91 Å². The van der Waals surface area contributed by atoms with Crippen molar-refractivity contribution in [2.45, 2.75) is 43.2 Å². The third kappa shape index (κ3) is 2.45. The number of likely N-dealkylation sites (tertiary alicyclic amines) is 2. The predicted octanol–water partition coefficient (Wildman–Crippen LogP) is -0.658. The zero-order valence-electron chi connectivity index (χ0n) is 13.4. The monoisotopic (exact) mass is 345 g/mol. The van der Waals surface area contributed by atoms with Gasteiger partial charge < -0.3 is 20.2 Å². The molecule has 3 fully saturated rings. The van der Waals surface area contributed by atoms with Crippen LogP contribution in [0.25, 0.3) is 0 Å². The minimum Gasteiger partial charge on any atom is -0.383 e. The molecule has 2 N–H and O–H groups in total. The van der Waals surface area contributed by atoms with E-state index in [0.29, 0.717) is 6.42 Å². The summed E-state index contributed by atoms with van der Waals surface area (Å²) in [7, 11) is 1.49. The van der Waals surface area contributed by atoms with Gasteiger partial charge in [-0.25, -0.2) is 0 Å². The summed E-state index contributed by atoms with van der Waals surface area (Å²) in [5.74, 6) is -6.04. The first kappa shape index (κ1) is 17.1. The fourth-order valence-electron chi connectivity index (χ4n) is 3.51. The first-order chi connectivity index (χ1) is 11.2. The summed E-state index contributed by atoms with van der Waals surface area (Å²) in [5.41, 5.74) is -2.23. The Balaban J connectivity index is 1.57. The van der Waals surface area contributed by atoms with Gasteiger partial charge in [-0.1, -0.05) is 0 Å². The Labute approximate surface area is 138 Å². The van der Waals surface area contributed by atoms with Crippen LogP contribution in [0, 0.1) is 5.92 Å². The van der Waals surface area contributed by atoms with E-state index in [2.05, 4.69) is 5.32 Å². The Morgan fingerprint density at radius 3 is 2.42 bits per heavy atom. The van der Waals surface area contributed by atoms with Crippen molar-refractivity contribution in [1.29, 1.82) is 0 Å². The maximum atomic E-state index is 14.1. The van der Waals surface area contributed by atoms with Crippen LogP contribution in [0.3, 0.4) is 0 Å². The van der Waals surface area contributed by atoms with Crippen LogP contribution in [0.5, 0.6) is 0 Å². The number of hydrogen-bond donors (Lipinski definition) is 2. The molecular formula is C15H21F2N3O4. The first-order valence-electron chi connectivity index (χ1n) is 8.10. The Morgan fingerprint density at radius 1 is 1.29 bits per heavy atom. The molecule has 3 aliphatic rings. The molecule has 1 atom stereocenters. The van der Waals surface area contributed by atoms with E-state index in [1.807, 2.05) is 0 Å². The fraction of sp³-hybridized carbons (Fsp3) is 0.800. The van der Waals surface area contributed by atoms with E-state index in [1.54, 1.807) is 0 Å². The molecular weight excluding hydrogens is 324 g/mol. The number of carbonyl (C=O) groups excluding carboxylic acids is 3. The number of amides is 3. The third-order valence-electron chi connectivity index (χ3n) is 5.40. The number of alkyl halides is 2. The van der Waals surface area contributed by atoms with E-state index in [0.717, 1.165) is 4.90 Å². The molecule has 0 spiro atoms. The lowest BCUT2D eigenvalue weighted by molar-refractivity contribution is -0.227. The van der Waals surface area contributed by atoms with Crippen LogP contribution >= 0.6 is 0 Å². The molecule has 0 bridgehead atoms. The molecule has 2 saturated heterocycles. The van der Waals surface area contributed by atoms with Crippen molar-refractivity contribution >= 4 is 17.7 Å². The highest BCUT2D eigenvalue weighted by Gasteiger charge is 2.63. The number of halogens is 2. The maximum absolute atomic E-state index is 14.1. The molecule has 3 amide bonds. The fourth-order valence-corrected chi connectivity index (χ4v) is 3.51. The summed E-state index contributed by atoms with van der Waals surface area (Å²) >= 11 is 0. The molecule has 0 aromatic rings. The number of hydrogen-bond acceptors (Lipinski definition) is 4. The Hall–Kier alpha value is -1.77. The normalized spacial score (nSPS) is 26.8. The number of nitrogens with one attached hydrogen (secondary N) is 1. The summed E-state index contributed by atoms with van der Waals surface area (Å²) in [6, 6.07) is -0.345. The van der Waals surface area contributed by atoms with Gasteiger partial charge in [0, 0.05) is 33.1 Å². The molecule has 0 aromatic carbocycles. The van der Waals surface area contributed by atoms with Crippen molar-refractivity contribution in [3.8, 4) is 0 Å². The van der Waals surface area contributed by atoms with E-state index < -0.39 is 23.3 Å². The van der Waals surface area contributed by atoms with Crippen molar-refractivity contribution in [3.63, 3.8) is 0 Å². The van der Waals surface area contributed by atoms with Gasteiger partial charge in [-0.3, -0.25) is 14.4 Å². The summed E-state index contributed by atoms with van der Waals surface area (Å²) in [6.45, 7) is 0.263. The van der Waals surface area contributed by atoms with Crippen molar-refractivity contribution in [2.75, 3.05) is 26.7 Å². The number of nitrogens with zero attached hydrogens (tertiary/aromatic N) is 2. The van der Waals surface area contributed by atoms with Crippen LogP contribution < -0.4 is 5.32 Å². The van der Waals surface area contributed by atoms with E-state index in [-0.39, 0.29) is 56.8 Å². The van der Waals surface area contributed by atoms with Gasteiger partial charge >= 0.3 is 5.92 Å². The molecule has 3 rings (SSSR count).